The van der Waals surface area contributed by atoms with E-state index >= 15 is 0 Å². The first-order chi connectivity index (χ1) is 14.4. The second kappa shape index (κ2) is 13.6. The minimum Gasteiger partial charge on any atom is -0.493 e. The molecule has 0 amide bonds. The third-order valence-corrected chi connectivity index (χ3v) is 4.52. The molecule has 1 aromatic carbocycles. The summed E-state index contributed by atoms with van der Waals surface area (Å²) < 4.78 is 21.5. The third kappa shape index (κ3) is 8.44. The third-order valence-electron chi connectivity index (χ3n) is 4.52. The molecule has 1 unspecified atom stereocenters. The number of nitrogens with one attached hydrogen (secondary N) is 2. The van der Waals surface area contributed by atoms with Gasteiger partial charge in [0, 0.05) is 27.3 Å². The maximum atomic E-state index is 12.0. The number of benzene rings is 1. The number of hydrogen-bond donors (Lipinski definition) is 4. The summed E-state index contributed by atoms with van der Waals surface area (Å²) in [4.78, 5) is 13.8. The fourth-order valence-electron chi connectivity index (χ4n) is 3.04. The van der Waals surface area contributed by atoms with Crippen LogP contribution in [0.5, 0.6) is 11.5 Å². The van der Waals surface area contributed by atoms with Gasteiger partial charge in [-0.1, -0.05) is 6.07 Å². The van der Waals surface area contributed by atoms with Gasteiger partial charge in [-0.3, -0.25) is 15.1 Å². The van der Waals surface area contributed by atoms with Crippen molar-refractivity contribution in [1.29, 1.82) is 5.41 Å². The van der Waals surface area contributed by atoms with E-state index in [0.717, 1.165) is 5.56 Å². The van der Waals surface area contributed by atoms with Crippen LogP contribution in [-0.2, 0) is 20.8 Å². The molecule has 0 aliphatic heterocycles. The number of methoxy groups -OCH3 is 3. The summed E-state index contributed by atoms with van der Waals surface area (Å²) in [7, 11) is 4.60. The number of carbonyl (C=O) groups is 1. The van der Waals surface area contributed by atoms with Gasteiger partial charge in [0.25, 0.3) is 0 Å². The van der Waals surface area contributed by atoms with Crippen molar-refractivity contribution >= 4 is 11.9 Å². The van der Waals surface area contributed by atoms with Gasteiger partial charge >= 0.3 is 5.97 Å². The van der Waals surface area contributed by atoms with E-state index in [1.54, 1.807) is 18.1 Å². The lowest BCUT2D eigenvalue weighted by atomic mass is 10.1. The Labute approximate surface area is 177 Å². The zero-order valence-electron chi connectivity index (χ0n) is 18.1. The van der Waals surface area contributed by atoms with Gasteiger partial charge in [-0.15, -0.1) is 0 Å². The molecule has 10 heteroatoms. The van der Waals surface area contributed by atoms with Crippen LogP contribution in [0.25, 0.3) is 0 Å². The Hall–Kier alpha value is -2.56. The number of ether oxygens (including phenoxy) is 4. The van der Waals surface area contributed by atoms with Crippen LogP contribution in [0, 0.1) is 5.41 Å². The largest absolute Gasteiger partial charge is 0.493 e. The van der Waals surface area contributed by atoms with Crippen LogP contribution in [0.2, 0.25) is 0 Å². The fraction of sp³-hybridized carbons (Fsp3) is 0.600. The second-order valence-corrected chi connectivity index (χ2v) is 6.59. The summed E-state index contributed by atoms with van der Waals surface area (Å²) in [5.74, 6) is 0.135. The van der Waals surface area contributed by atoms with Crippen LogP contribution in [-0.4, -0.2) is 75.3 Å². The molecule has 0 bridgehead atoms. The summed E-state index contributed by atoms with van der Waals surface area (Å²) >= 11 is 0. The molecule has 0 heterocycles. The Balaban J connectivity index is 3.06. The lowest BCUT2D eigenvalue weighted by molar-refractivity contribution is -0.150. The summed E-state index contributed by atoms with van der Waals surface area (Å²) in [6.07, 6.45) is 0.321. The summed E-state index contributed by atoms with van der Waals surface area (Å²) in [6.45, 7) is 3.40. The van der Waals surface area contributed by atoms with E-state index < -0.39 is 18.3 Å². The van der Waals surface area contributed by atoms with Crippen LogP contribution in [0.1, 0.15) is 25.3 Å². The second-order valence-electron chi connectivity index (χ2n) is 6.59. The smallest absolute Gasteiger partial charge is 0.320 e. The van der Waals surface area contributed by atoms with Crippen molar-refractivity contribution in [3.63, 3.8) is 0 Å². The van der Waals surface area contributed by atoms with Crippen molar-refractivity contribution < 1.29 is 28.8 Å². The molecule has 0 spiro atoms. The monoisotopic (exact) mass is 426 g/mol. The molecular weight excluding hydrogens is 392 g/mol. The van der Waals surface area contributed by atoms with Gasteiger partial charge < -0.3 is 35.1 Å². The Bertz CT molecular complexity index is 669. The maximum absolute atomic E-state index is 12.0. The zero-order chi connectivity index (χ0) is 22.5. The Morgan fingerprint density at radius 2 is 1.97 bits per heavy atom. The van der Waals surface area contributed by atoms with Gasteiger partial charge in [0.15, 0.2) is 23.7 Å². The van der Waals surface area contributed by atoms with Crippen molar-refractivity contribution in [1.82, 2.24) is 10.2 Å². The predicted octanol–water partition coefficient (Wildman–Crippen LogP) is 1.23. The first-order valence-corrected chi connectivity index (χ1v) is 9.76. The summed E-state index contributed by atoms with van der Waals surface area (Å²) in [6, 6.07) is 4.75. The van der Waals surface area contributed by atoms with Crippen molar-refractivity contribution in [2.75, 3.05) is 41.0 Å². The fourth-order valence-corrected chi connectivity index (χ4v) is 3.04. The molecule has 0 aliphatic rings. The van der Waals surface area contributed by atoms with Gasteiger partial charge in [-0.2, -0.15) is 0 Å². The van der Waals surface area contributed by atoms with E-state index in [0.29, 0.717) is 44.0 Å². The minimum atomic E-state index is -0.942. The van der Waals surface area contributed by atoms with Gasteiger partial charge in [0.1, 0.15) is 6.04 Å². The highest BCUT2D eigenvalue weighted by Gasteiger charge is 2.28. The molecule has 170 valence electrons. The quantitative estimate of drug-likeness (QED) is 0.141. The Morgan fingerprint density at radius 3 is 2.50 bits per heavy atom. The van der Waals surface area contributed by atoms with Crippen molar-refractivity contribution in [2.24, 2.45) is 5.73 Å². The van der Waals surface area contributed by atoms with Gasteiger partial charge in [0.2, 0.25) is 0 Å². The zero-order valence-corrected chi connectivity index (χ0v) is 18.1. The first-order valence-electron chi connectivity index (χ1n) is 9.76. The maximum Gasteiger partial charge on any atom is 0.320 e. The number of carboxylic acid groups (broad SMARTS) is 1. The Morgan fingerprint density at radius 1 is 1.27 bits per heavy atom. The molecule has 30 heavy (non-hydrogen) atoms. The van der Waals surface area contributed by atoms with E-state index in [1.165, 1.54) is 14.2 Å². The highest BCUT2D eigenvalue weighted by molar-refractivity contribution is 5.74. The average Bonchev–Trinajstić information content (AvgIpc) is 2.71. The van der Waals surface area contributed by atoms with E-state index in [9.17, 15) is 9.90 Å². The molecule has 1 atom stereocenters. The Kier molecular flexibility index (Phi) is 11.6. The van der Waals surface area contributed by atoms with Crippen LogP contribution in [0.15, 0.2) is 18.2 Å². The van der Waals surface area contributed by atoms with Crippen molar-refractivity contribution in [3.05, 3.63) is 23.8 Å². The molecule has 0 aliphatic carbocycles. The molecule has 0 saturated carbocycles. The number of hydrogen-bond acceptors (Lipinski definition) is 7. The van der Waals surface area contributed by atoms with E-state index in [2.05, 4.69) is 5.32 Å². The van der Waals surface area contributed by atoms with E-state index in [-0.39, 0.29) is 12.5 Å². The number of aliphatic carboxylic acids is 1. The highest BCUT2D eigenvalue weighted by Crippen LogP contribution is 2.29. The topological polar surface area (TPSA) is 139 Å². The minimum absolute atomic E-state index is 0.140. The average molecular weight is 427 g/mol. The molecule has 10 nitrogen and oxygen atoms in total. The van der Waals surface area contributed by atoms with Crippen molar-refractivity contribution in [3.8, 4) is 11.5 Å². The molecular formula is C20H34N4O6. The van der Waals surface area contributed by atoms with Crippen LogP contribution < -0.4 is 20.5 Å². The first kappa shape index (κ1) is 25.5. The number of guanidine groups is 1. The molecule has 5 N–H and O–H groups in total. The molecule has 1 aromatic rings. The van der Waals surface area contributed by atoms with Gasteiger partial charge in [-0.05, 0) is 37.5 Å². The van der Waals surface area contributed by atoms with Gasteiger partial charge in [-0.25, -0.2) is 0 Å². The molecule has 0 aromatic heterocycles. The summed E-state index contributed by atoms with van der Waals surface area (Å²) in [5.41, 5.74) is 6.16. The normalized spacial score (nSPS) is 12.1. The molecule has 1 rings (SSSR count). The molecule has 0 saturated heterocycles. The SMILES string of the molecule is CCOc1cc(CN(CC(OC)OC)C(CCCNC(=N)N)C(=O)O)ccc1OC. The number of rotatable bonds is 15. The molecule has 0 radical (unpaired) electrons. The van der Waals surface area contributed by atoms with Crippen molar-refractivity contribution in [2.45, 2.75) is 38.6 Å². The number of carboxylic acids is 1. The van der Waals surface area contributed by atoms with Crippen LogP contribution in [0.3, 0.4) is 0 Å². The van der Waals surface area contributed by atoms with Crippen LogP contribution >= 0.6 is 0 Å². The lowest BCUT2D eigenvalue weighted by Crippen LogP contribution is -2.45. The van der Waals surface area contributed by atoms with E-state index in [4.69, 9.17) is 30.1 Å². The van der Waals surface area contributed by atoms with E-state index in [1.807, 2.05) is 19.1 Å². The van der Waals surface area contributed by atoms with Crippen LogP contribution in [0.4, 0.5) is 0 Å². The van der Waals surface area contributed by atoms with Gasteiger partial charge in [0.05, 0.1) is 20.3 Å². The highest BCUT2D eigenvalue weighted by atomic mass is 16.7. The predicted molar refractivity (Wildman–Crippen MR) is 113 cm³/mol. The molecule has 0 fully saturated rings. The lowest BCUT2D eigenvalue weighted by Gasteiger charge is -2.31. The standard InChI is InChI=1S/C20H34N4O6/c1-5-30-17-11-14(8-9-16(17)27-2)12-24(13-18(28-3)29-4)15(19(25)26)7-6-10-23-20(21)22/h8-9,11,15,18H,5-7,10,12-13H2,1-4H3,(H,25,26)(H4,21,22,23). The summed E-state index contributed by atoms with van der Waals surface area (Å²) in [5, 5.41) is 19.8. The number of nitrogens with two attached hydrogens (primary N) is 1. The number of nitrogens with zero attached hydrogens (tertiary/aromatic N) is 1.